The number of nitrogens with one attached hydrogen (secondary N) is 3. The quantitative estimate of drug-likeness (QED) is 0.388. The Labute approximate surface area is 166 Å². The molecule has 160 valence electrons. The molecule has 8 nitrogen and oxygen atoms in total. The van der Waals surface area contributed by atoms with Gasteiger partial charge in [0.1, 0.15) is 0 Å². The first kappa shape index (κ1) is 22.3. The molecule has 2 amide bonds. The number of benzene rings is 1. The van der Waals surface area contributed by atoms with Crippen molar-refractivity contribution in [2.75, 3.05) is 38.6 Å². The molecule has 1 heterocycles. The number of hydrogen-bond donors (Lipinski definition) is 3. The molecule has 0 aliphatic carbocycles. The van der Waals surface area contributed by atoms with E-state index in [4.69, 9.17) is 4.74 Å². The lowest BCUT2D eigenvalue weighted by Crippen LogP contribution is -2.50. The van der Waals surface area contributed by atoms with Crippen molar-refractivity contribution in [3.05, 3.63) is 29.6 Å². The van der Waals surface area contributed by atoms with E-state index < -0.39 is 29.0 Å². The van der Waals surface area contributed by atoms with Gasteiger partial charge in [-0.15, -0.1) is 0 Å². The van der Waals surface area contributed by atoms with Crippen molar-refractivity contribution < 1.29 is 27.5 Å². The number of piperidine rings is 1. The molecule has 1 aliphatic rings. The van der Waals surface area contributed by atoms with Crippen LogP contribution in [0.15, 0.2) is 17.1 Å². The number of ether oxygens (including phenoxy) is 1. The lowest BCUT2D eigenvalue weighted by atomic mass is 10.1. The lowest BCUT2D eigenvalue weighted by molar-refractivity contribution is -0.115. The molecule has 1 fully saturated rings. The molecule has 2 rings (SSSR count). The highest BCUT2D eigenvalue weighted by molar-refractivity contribution is 5.95. The van der Waals surface area contributed by atoms with Crippen LogP contribution in [0.4, 0.5) is 23.7 Å². The van der Waals surface area contributed by atoms with E-state index in [0.717, 1.165) is 12.1 Å². The van der Waals surface area contributed by atoms with Gasteiger partial charge in [0.25, 0.3) is 0 Å². The highest BCUT2D eigenvalue weighted by Crippen LogP contribution is 2.19. The minimum absolute atomic E-state index is 0.0403. The van der Waals surface area contributed by atoms with Gasteiger partial charge < -0.3 is 25.6 Å². The molecule has 1 aliphatic heterocycles. The minimum atomic E-state index is -1.65. The maximum absolute atomic E-state index is 13.6. The monoisotopic (exact) mass is 415 g/mol. The molecule has 0 unspecified atom stereocenters. The van der Waals surface area contributed by atoms with E-state index >= 15 is 0 Å². The zero-order valence-corrected chi connectivity index (χ0v) is 16.2. The van der Waals surface area contributed by atoms with Crippen LogP contribution in [0.1, 0.15) is 19.8 Å². The van der Waals surface area contributed by atoms with Crippen LogP contribution in [0.3, 0.4) is 0 Å². The van der Waals surface area contributed by atoms with Crippen LogP contribution in [0.25, 0.3) is 0 Å². The predicted octanol–water partition coefficient (Wildman–Crippen LogP) is 1.83. The zero-order valence-electron chi connectivity index (χ0n) is 16.2. The lowest BCUT2D eigenvalue weighted by Gasteiger charge is -2.32. The van der Waals surface area contributed by atoms with Gasteiger partial charge in [0.15, 0.2) is 23.4 Å². The number of likely N-dealkylation sites (tertiary alicyclic amines) is 1. The third-order valence-corrected chi connectivity index (χ3v) is 4.31. The summed E-state index contributed by atoms with van der Waals surface area (Å²) >= 11 is 0. The van der Waals surface area contributed by atoms with Crippen LogP contribution in [0, 0.1) is 17.5 Å². The van der Waals surface area contributed by atoms with E-state index in [-0.39, 0.29) is 18.7 Å². The standard InChI is InChI=1S/C18H24F3N5O3/c1-3-29-18(28)26-8-6-11(7-9-26)24-17(22-2)23-10-14(27)25-13-5-4-12(19)15(20)16(13)21/h4-5,11H,3,6-10H2,1-2H3,(H,25,27)(H2,22,23,24). The summed E-state index contributed by atoms with van der Waals surface area (Å²) in [5, 5.41) is 8.08. The van der Waals surface area contributed by atoms with E-state index in [9.17, 15) is 22.8 Å². The van der Waals surface area contributed by atoms with Gasteiger partial charge in [-0.1, -0.05) is 0 Å². The zero-order chi connectivity index (χ0) is 21.4. The fourth-order valence-corrected chi connectivity index (χ4v) is 2.79. The van der Waals surface area contributed by atoms with Crippen molar-refractivity contribution >= 4 is 23.6 Å². The van der Waals surface area contributed by atoms with E-state index in [1.54, 1.807) is 11.8 Å². The first-order chi connectivity index (χ1) is 13.8. The Hall–Kier alpha value is -2.98. The van der Waals surface area contributed by atoms with Gasteiger partial charge in [0.05, 0.1) is 18.8 Å². The van der Waals surface area contributed by atoms with E-state index in [0.29, 0.717) is 38.5 Å². The summed E-state index contributed by atoms with van der Waals surface area (Å²) in [6.45, 7) is 2.87. The number of anilines is 1. The summed E-state index contributed by atoms with van der Waals surface area (Å²) < 4.78 is 44.7. The molecule has 0 saturated carbocycles. The number of guanidine groups is 1. The molecule has 0 radical (unpaired) electrons. The van der Waals surface area contributed by atoms with Gasteiger partial charge in [0.2, 0.25) is 5.91 Å². The van der Waals surface area contributed by atoms with E-state index in [2.05, 4.69) is 20.9 Å². The highest BCUT2D eigenvalue weighted by Gasteiger charge is 2.24. The fourth-order valence-electron chi connectivity index (χ4n) is 2.79. The Kier molecular flexibility index (Phi) is 8.10. The predicted molar refractivity (Wildman–Crippen MR) is 101 cm³/mol. The van der Waals surface area contributed by atoms with Crippen LogP contribution in [0.2, 0.25) is 0 Å². The van der Waals surface area contributed by atoms with Crippen molar-refractivity contribution in [1.29, 1.82) is 0 Å². The molecule has 1 aromatic carbocycles. The second kappa shape index (κ2) is 10.5. The van der Waals surface area contributed by atoms with Gasteiger partial charge in [-0.05, 0) is 31.9 Å². The van der Waals surface area contributed by atoms with Crippen molar-refractivity contribution in [1.82, 2.24) is 15.5 Å². The van der Waals surface area contributed by atoms with Gasteiger partial charge in [-0.2, -0.15) is 0 Å². The first-order valence-electron chi connectivity index (χ1n) is 9.17. The third kappa shape index (κ3) is 6.26. The molecular formula is C18H24F3N5O3. The minimum Gasteiger partial charge on any atom is -0.450 e. The van der Waals surface area contributed by atoms with Crippen molar-refractivity contribution in [2.24, 2.45) is 4.99 Å². The summed E-state index contributed by atoms with van der Waals surface area (Å²) in [5.41, 5.74) is -0.454. The Balaban J connectivity index is 1.79. The second-order valence-corrected chi connectivity index (χ2v) is 6.30. The average Bonchev–Trinajstić information content (AvgIpc) is 2.72. The summed E-state index contributed by atoms with van der Waals surface area (Å²) in [6, 6.07) is 1.71. The SMILES string of the molecule is CCOC(=O)N1CCC(NC(=NC)NCC(=O)Nc2ccc(F)c(F)c2F)CC1. The molecule has 0 bridgehead atoms. The number of aliphatic imine (C=N–C) groups is 1. The van der Waals surface area contributed by atoms with Crippen LogP contribution in [0.5, 0.6) is 0 Å². The van der Waals surface area contributed by atoms with Gasteiger partial charge in [-0.25, -0.2) is 18.0 Å². The number of nitrogens with zero attached hydrogens (tertiary/aromatic N) is 2. The molecule has 0 aromatic heterocycles. The van der Waals surface area contributed by atoms with E-state index in [1.807, 2.05) is 0 Å². The Morgan fingerprint density at radius 3 is 2.52 bits per heavy atom. The number of carbonyl (C=O) groups is 2. The molecule has 29 heavy (non-hydrogen) atoms. The van der Waals surface area contributed by atoms with E-state index in [1.165, 1.54) is 7.05 Å². The van der Waals surface area contributed by atoms with Crippen LogP contribution >= 0.6 is 0 Å². The second-order valence-electron chi connectivity index (χ2n) is 6.30. The number of carbonyl (C=O) groups excluding carboxylic acids is 2. The molecule has 1 saturated heterocycles. The van der Waals surface area contributed by atoms with Gasteiger partial charge in [-0.3, -0.25) is 9.79 Å². The summed E-state index contributed by atoms with van der Waals surface area (Å²) in [7, 11) is 1.52. The van der Waals surface area contributed by atoms with Gasteiger partial charge in [0, 0.05) is 26.2 Å². The number of amides is 2. The summed E-state index contributed by atoms with van der Waals surface area (Å²) in [5.74, 6) is -4.76. The topological polar surface area (TPSA) is 95.1 Å². The summed E-state index contributed by atoms with van der Waals surface area (Å²) in [6.07, 6.45) is 1.01. The maximum Gasteiger partial charge on any atom is 0.409 e. The highest BCUT2D eigenvalue weighted by atomic mass is 19.2. The van der Waals surface area contributed by atoms with Crippen LogP contribution in [-0.2, 0) is 9.53 Å². The molecule has 0 atom stereocenters. The number of rotatable bonds is 5. The Bertz CT molecular complexity index is 767. The van der Waals surface area contributed by atoms with Crippen molar-refractivity contribution in [3.8, 4) is 0 Å². The van der Waals surface area contributed by atoms with Crippen LogP contribution < -0.4 is 16.0 Å². The number of halogens is 3. The molecule has 11 heteroatoms. The molecule has 0 spiro atoms. The first-order valence-corrected chi connectivity index (χ1v) is 9.17. The average molecular weight is 415 g/mol. The molecule has 1 aromatic rings. The van der Waals surface area contributed by atoms with Crippen LogP contribution in [-0.4, -0.2) is 62.2 Å². The van der Waals surface area contributed by atoms with Crippen molar-refractivity contribution in [2.45, 2.75) is 25.8 Å². The summed E-state index contributed by atoms with van der Waals surface area (Å²) in [4.78, 5) is 29.3. The van der Waals surface area contributed by atoms with Gasteiger partial charge >= 0.3 is 6.09 Å². The largest absolute Gasteiger partial charge is 0.450 e. The third-order valence-electron chi connectivity index (χ3n) is 4.31. The Morgan fingerprint density at radius 2 is 1.90 bits per heavy atom. The number of hydrogen-bond acceptors (Lipinski definition) is 4. The molecular weight excluding hydrogens is 391 g/mol. The normalized spacial score (nSPS) is 15.1. The Morgan fingerprint density at radius 1 is 1.21 bits per heavy atom. The fraction of sp³-hybridized carbons (Fsp3) is 0.500. The molecule has 3 N–H and O–H groups in total. The maximum atomic E-state index is 13.6. The smallest absolute Gasteiger partial charge is 0.409 e. The van der Waals surface area contributed by atoms with Crippen molar-refractivity contribution in [3.63, 3.8) is 0 Å².